The topological polar surface area (TPSA) is 59.8 Å². The number of piperidine rings is 1. The normalized spacial score (nSPS) is 19.2. The van der Waals surface area contributed by atoms with Crippen LogP contribution in [0.4, 0.5) is 5.69 Å². The number of quaternary nitrogens is 1. The molecule has 150 valence electrons. The molecule has 1 saturated heterocycles. The molecule has 5 nitrogen and oxygen atoms in total. The van der Waals surface area contributed by atoms with Crippen molar-refractivity contribution in [3.8, 4) is 10.4 Å². The summed E-state index contributed by atoms with van der Waals surface area (Å²) in [6.45, 7) is 5.67. The van der Waals surface area contributed by atoms with E-state index in [1.165, 1.54) is 22.7 Å². The number of hydrogen-bond acceptors (Lipinski definition) is 4. The van der Waals surface area contributed by atoms with Gasteiger partial charge in [0.1, 0.15) is 4.88 Å². The van der Waals surface area contributed by atoms with Crippen molar-refractivity contribution in [1.29, 1.82) is 0 Å². The van der Waals surface area contributed by atoms with Crippen LogP contribution in [-0.2, 0) is 9.53 Å². The molecule has 1 unspecified atom stereocenters. The Bertz CT molecular complexity index is 835. The molecule has 7 heteroatoms. The van der Waals surface area contributed by atoms with Crippen molar-refractivity contribution in [2.75, 3.05) is 25.0 Å². The zero-order valence-electron chi connectivity index (χ0n) is 16.2. The molecule has 2 atom stereocenters. The summed E-state index contributed by atoms with van der Waals surface area (Å²) >= 11 is 7.29. The van der Waals surface area contributed by atoms with Gasteiger partial charge in [-0.05, 0) is 56.9 Å². The molecule has 28 heavy (non-hydrogen) atoms. The molecule has 1 aromatic carbocycles. The van der Waals surface area contributed by atoms with E-state index in [0.29, 0.717) is 28.2 Å². The number of anilines is 1. The summed E-state index contributed by atoms with van der Waals surface area (Å²) in [6, 6.07) is 9.73. The van der Waals surface area contributed by atoms with Gasteiger partial charge in [-0.25, -0.2) is 4.79 Å². The third kappa shape index (κ3) is 5.13. The number of ether oxygens (including phenoxy) is 1. The second kappa shape index (κ2) is 9.54. The quantitative estimate of drug-likeness (QED) is 0.700. The summed E-state index contributed by atoms with van der Waals surface area (Å²) < 4.78 is 5.18. The average Bonchev–Trinajstić information content (AvgIpc) is 3.08. The Morgan fingerprint density at radius 1 is 1.29 bits per heavy atom. The van der Waals surface area contributed by atoms with Crippen LogP contribution < -0.4 is 10.2 Å². The number of nitrogens with one attached hydrogen (secondary N) is 2. The van der Waals surface area contributed by atoms with Gasteiger partial charge in [0.2, 0.25) is 0 Å². The zero-order valence-corrected chi connectivity index (χ0v) is 17.8. The van der Waals surface area contributed by atoms with Crippen LogP contribution >= 0.6 is 22.9 Å². The van der Waals surface area contributed by atoms with Crippen LogP contribution in [0.3, 0.4) is 0 Å². The Morgan fingerprint density at radius 3 is 2.71 bits per heavy atom. The van der Waals surface area contributed by atoms with Gasteiger partial charge in [0.15, 0.2) is 6.54 Å². The molecule has 2 aromatic rings. The number of rotatable bonds is 6. The number of halogens is 1. The Hall–Kier alpha value is -1.89. The maximum absolute atomic E-state index is 12.7. The van der Waals surface area contributed by atoms with E-state index < -0.39 is 5.97 Å². The van der Waals surface area contributed by atoms with E-state index in [4.69, 9.17) is 16.3 Å². The smallest absolute Gasteiger partial charge is 0.350 e. The van der Waals surface area contributed by atoms with E-state index in [0.717, 1.165) is 29.8 Å². The zero-order chi connectivity index (χ0) is 20.1. The molecule has 0 aliphatic carbocycles. The van der Waals surface area contributed by atoms with Crippen molar-refractivity contribution in [1.82, 2.24) is 0 Å². The number of carbonyl (C=O) groups excluding carboxylic acids is 2. The first-order valence-corrected chi connectivity index (χ1v) is 10.9. The van der Waals surface area contributed by atoms with Gasteiger partial charge < -0.3 is 15.0 Å². The first kappa shape index (κ1) is 20.8. The number of amides is 1. The Balaban J connectivity index is 1.80. The van der Waals surface area contributed by atoms with Crippen LogP contribution in [0.25, 0.3) is 10.4 Å². The van der Waals surface area contributed by atoms with Gasteiger partial charge in [0.25, 0.3) is 5.91 Å². The van der Waals surface area contributed by atoms with Gasteiger partial charge in [-0.1, -0.05) is 23.7 Å². The summed E-state index contributed by atoms with van der Waals surface area (Å²) in [5.74, 6) is -0.489. The molecule has 1 aliphatic rings. The fourth-order valence-corrected chi connectivity index (χ4v) is 4.64. The van der Waals surface area contributed by atoms with Gasteiger partial charge in [0.05, 0.1) is 24.9 Å². The van der Waals surface area contributed by atoms with Crippen LogP contribution in [0.5, 0.6) is 0 Å². The minimum atomic E-state index is -0.415. The third-order valence-corrected chi connectivity index (χ3v) is 6.48. The highest BCUT2D eigenvalue weighted by Gasteiger charge is 2.26. The van der Waals surface area contributed by atoms with E-state index in [2.05, 4.69) is 12.2 Å². The van der Waals surface area contributed by atoms with Crippen molar-refractivity contribution in [2.24, 2.45) is 0 Å². The summed E-state index contributed by atoms with van der Waals surface area (Å²) in [4.78, 5) is 27.7. The molecule has 1 fully saturated rings. The van der Waals surface area contributed by atoms with E-state index in [1.54, 1.807) is 19.1 Å². The van der Waals surface area contributed by atoms with Gasteiger partial charge in [-0.2, -0.15) is 0 Å². The molecular weight excluding hydrogens is 396 g/mol. The van der Waals surface area contributed by atoms with E-state index >= 15 is 0 Å². The van der Waals surface area contributed by atoms with Crippen molar-refractivity contribution in [3.63, 3.8) is 0 Å². The largest absolute Gasteiger partial charge is 0.462 e. The molecule has 0 radical (unpaired) electrons. The van der Waals surface area contributed by atoms with E-state index in [9.17, 15) is 9.59 Å². The molecule has 0 saturated carbocycles. The first-order chi connectivity index (χ1) is 13.5. The molecule has 3 rings (SSSR count). The number of esters is 1. The molecule has 1 amide bonds. The second-order valence-electron chi connectivity index (χ2n) is 7.11. The van der Waals surface area contributed by atoms with Crippen LogP contribution in [0.2, 0.25) is 5.02 Å². The number of hydrogen-bond donors (Lipinski definition) is 2. The predicted molar refractivity (Wildman–Crippen MR) is 113 cm³/mol. The van der Waals surface area contributed by atoms with Crippen molar-refractivity contribution < 1.29 is 19.2 Å². The monoisotopic (exact) mass is 421 g/mol. The number of carbonyl (C=O) groups is 2. The van der Waals surface area contributed by atoms with Crippen LogP contribution in [0.1, 0.15) is 42.8 Å². The van der Waals surface area contributed by atoms with Crippen LogP contribution in [0.15, 0.2) is 30.3 Å². The van der Waals surface area contributed by atoms with Crippen LogP contribution in [-0.4, -0.2) is 37.6 Å². The maximum atomic E-state index is 12.7. The maximum Gasteiger partial charge on any atom is 0.350 e. The molecule has 2 heterocycles. The minimum Gasteiger partial charge on any atom is -0.462 e. The first-order valence-electron chi connectivity index (χ1n) is 9.69. The predicted octanol–water partition coefficient (Wildman–Crippen LogP) is 3.64. The Labute approximate surface area is 174 Å². The standard InChI is InChI=1S/C21H25ClN2O3S/c1-3-27-21(26)20-17(12-18(28-20)15-7-9-16(22)10-8-15)23-19(25)13-24-11-5-4-6-14(24)2/h7-10,12,14H,3-6,11,13H2,1-2H3,(H,23,25)/p+1/t14-/m0/s1. The molecule has 1 aromatic heterocycles. The fraction of sp³-hybridized carbons (Fsp3) is 0.429. The number of thiophene rings is 1. The summed E-state index contributed by atoms with van der Waals surface area (Å²) in [5.41, 5.74) is 1.46. The number of likely N-dealkylation sites (tertiary alicyclic amines) is 1. The van der Waals surface area contributed by atoms with E-state index in [1.807, 2.05) is 18.2 Å². The van der Waals surface area contributed by atoms with Crippen molar-refractivity contribution in [2.45, 2.75) is 39.2 Å². The molecule has 2 N–H and O–H groups in total. The lowest BCUT2D eigenvalue weighted by molar-refractivity contribution is -0.920. The Kier molecular flexibility index (Phi) is 7.10. The third-order valence-electron chi connectivity index (χ3n) is 5.07. The highest BCUT2D eigenvalue weighted by Crippen LogP contribution is 2.35. The highest BCUT2D eigenvalue weighted by atomic mass is 35.5. The molecule has 0 bridgehead atoms. The average molecular weight is 422 g/mol. The SMILES string of the molecule is CCOC(=O)c1sc(-c2ccc(Cl)cc2)cc1NC(=O)C[NH+]1CCCC[C@@H]1C. The van der Waals surface area contributed by atoms with Crippen molar-refractivity contribution in [3.05, 3.63) is 40.2 Å². The summed E-state index contributed by atoms with van der Waals surface area (Å²) in [6.07, 6.45) is 3.53. The molecular formula is C21H26ClN2O3S+. The van der Waals surface area contributed by atoms with Crippen LogP contribution in [0, 0.1) is 0 Å². The van der Waals surface area contributed by atoms with Gasteiger partial charge in [-0.15, -0.1) is 11.3 Å². The van der Waals surface area contributed by atoms with E-state index in [-0.39, 0.29) is 12.5 Å². The lowest BCUT2D eigenvalue weighted by Crippen LogP contribution is -3.17. The van der Waals surface area contributed by atoms with Gasteiger partial charge >= 0.3 is 5.97 Å². The van der Waals surface area contributed by atoms with Gasteiger partial charge in [0, 0.05) is 9.90 Å². The minimum absolute atomic E-state index is 0.0743. The second-order valence-corrected chi connectivity index (χ2v) is 8.60. The number of benzene rings is 1. The van der Waals surface area contributed by atoms with Crippen molar-refractivity contribution >= 4 is 40.5 Å². The molecule has 0 spiro atoms. The summed E-state index contributed by atoms with van der Waals surface area (Å²) in [7, 11) is 0. The lowest BCUT2D eigenvalue weighted by atomic mass is 10.0. The lowest BCUT2D eigenvalue weighted by Gasteiger charge is -2.29. The van der Waals surface area contributed by atoms with Gasteiger partial charge in [-0.3, -0.25) is 4.79 Å². The summed E-state index contributed by atoms with van der Waals surface area (Å²) in [5, 5.41) is 3.59. The molecule has 1 aliphatic heterocycles. The fourth-order valence-electron chi connectivity index (χ4n) is 3.50. The highest BCUT2D eigenvalue weighted by molar-refractivity contribution is 7.18. The Morgan fingerprint density at radius 2 is 2.04 bits per heavy atom.